The Balaban J connectivity index is 2.63. The van der Waals surface area contributed by atoms with E-state index in [0.717, 1.165) is 12.8 Å². The van der Waals surface area contributed by atoms with E-state index >= 15 is 0 Å². The van der Waals surface area contributed by atoms with Crippen LogP contribution in [0.1, 0.15) is 32.6 Å². The maximum absolute atomic E-state index is 12.2. The first-order valence-corrected chi connectivity index (χ1v) is 8.36. The van der Waals surface area contributed by atoms with Crippen LogP contribution in [0.4, 0.5) is 0 Å². The molecule has 20 heavy (non-hydrogen) atoms. The summed E-state index contributed by atoms with van der Waals surface area (Å²) in [6, 6.07) is 0. The molecule has 1 fully saturated rings. The SMILES string of the molecule is CCCNS(=O)(=O)N(CCC(=O)OC)CC1CCCO1. The Hall–Kier alpha value is -0.700. The van der Waals surface area contributed by atoms with Gasteiger partial charge in [0.15, 0.2) is 0 Å². The minimum Gasteiger partial charge on any atom is -0.469 e. The second-order valence-corrected chi connectivity index (χ2v) is 6.47. The van der Waals surface area contributed by atoms with Crippen LogP contribution >= 0.6 is 0 Å². The van der Waals surface area contributed by atoms with Crippen molar-refractivity contribution in [3.63, 3.8) is 0 Å². The van der Waals surface area contributed by atoms with Gasteiger partial charge in [-0.15, -0.1) is 0 Å². The third-order valence-corrected chi connectivity index (χ3v) is 4.68. The first-order chi connectivity index (χ1) is 9.49. The third-order valence-electron chi connectivity index (χ3n) is 3.10. The highest BCUT2D eigenvalue weighted by Crippen LogP contribution is 2.15. The average Bonchev–Trinajstić information content (AvgIpc) is 2.93. The molecule has 0 aromatic carbocycles. The fraction of sp³-hybridized carbons (Fsp3) is 0.917. The van der Waals surface area contributed by atoms with E-state index < -0.39 is 16.2 Å². The van der Waals surface area contributed by atoms with E-state index in [0.29, 0.717) is 19.6 Å². The topological polar surface area (TPSA) is 84.9 Å². The molecule has 1 aliphatic rings. The molecule has 1 saturated heterocycles. The van der Waals surface area contributed by atoms with Crippen molar-refractivity contribution < 1.29 is 22.7 Å². The van der Waals surface area contributed by atoms with Gasteiger partial charge in [-0.3, -0.25) is 4.79 Å². The van der Waals surface area contributed by atoms with Gasteiger partial charge in [-0.1, -0.05) is 6.92 Å². The van der Waals surface area contributed by atoms with Crippen molar-refractivity contribution >= 4 is 16.2 Å². The second-order valence-electron chi connectivity index (χ2n) is 4.72. The van der Waals surface area contributed by atoms with Crippen molar-refractivity contribution in [2.24, 2.45) is 0 Å². The van der Waals surface area contributed by atoms with Crippen LogP contribution in [0, 0.1) is 0 Å². The number of hydrogen-bond acceptors (Lipinski definition) is 5. The number of rotatable bonds is 9. The highest BCUT2D eigenvalue weighted by atomic mass is 32.2. The summed E-state index contributed by atoms with van der Waals surface area (Å²) < 4.78 is 38.2. The van der Waals surface area contributed by atoms with Crippen LogP contribution < -0.4 is 4.72 Å². The minimum atomic E-state index is -3.58. The summed E-state index contributed by atoms with van der Waals surface area (Å²) >= 11 is 0. The number of hydrogen-bond donors (Lipinski definition) is 1. The number of nitrogens with zero attached hydrogens (tertiary/aromatic N) is 1. The molecule has 1 rings (SSSR count). The molecule has 1 aliphatic heterocycles. The Morgan fingerprint density at radius 3 is 2.80 bits per heavy atom. The molecule has 1 N–H and O–H groups in total. The van der Waals surface area contributed by atoms with Crippen LogP contribution in [0.2, 0.25) is 0 Å². The summed E-state index contributed by atoms with van der Waals surface area (Å²) in [5.74, 6) is -0.423. The number of esters is 1. The van der Waals surface area contributed by atoms with Gasteiger partial charge >= 0.3 is 5.97 Å². The van der Waals surface area contributed by atoms with Crippen molar-refractivity contribution in [3.05, 3.63) is 0 Å². The summed E-state index contributed by atoms with van der Waals surface area (Å²) in [4.78, 5) is 11.2. The van der Waals surface area contributed by atoms with E-state index in [4.69, 9.17) is 4.74 Å². The predicted octanol–water partition coefficient (Wildman–Crippen LogP) is 0.275. The predicted molar refractivity (Wildman–Crippen MR) is 74.4 cm³/mol. The highest BCUT2D eigenvalue weighted by Gasteiger charge is 2.27. The Bertz CT molecular complexity index is 393. The number of carbonyl (C=O) groups is 1. The zero-order chi connectivity index (χ0) is 15.0. The summed E-state index contributed by atoms with van der Waals surface area (Å²) in [5, 5.41) is 0. The molecule has 0 aromatic rings. The van der Waals surface area contributed by atoms with E-state index in [1.165, 1.54) is 11.4 Å². The van der Waals surface area contributed by atoms with Gasteiger partial charge in [-0.05, 0) is 19.3 Å². The monoisotopic (exact) mass is 308 g/mol. The molecule has 8 heteroatoms. The summed E-state index contributed by atoms with van der Waals surface area (Å²) in [5.41, 5.74) is 0. The second kappa shape index (κ2) is 8.56. The van der Waals surface area contributed by atoms with Crippen LogP contribution in [0.25, 0.3) is 0 Å². The molecular formula is C12H24N2O5S. The Labute approximate surface area is 120 Å². The quantitative estimate of drug-likeness (QED) is 0.618. The van der Waals surface area contributed by atoms with Crippen LogP contribution in [0.15, 0.2) is 0 Å². The van der Waals surface area contributed by atoms with Crippen LogP contribution in [-0.4, -0.2) is 58.1 Å². The lowest BCUT2D eigenvalue weighted by Crippen LogP contribution is -2.45. The largest absolute Gasteiger partial charge is 0.469 e. The van der Waals surface area contributed by atoms with Gasteiger partial charge in [0, 0.05) is 26.2 Å². The van der Waals surface area contributed by atoms with Crippen molar-refractivity contribution in [3.8, 4) is 0 Å². The zero-order valence-electron chi connectivity index (χ0n) is 12.1. The first kappa shape index (κ1) is 17.4. The zero-order valence-corrected chi connectivity index (χ0v) is 12.9. The summed E-state index contributed by atoms with van der Waals surface area (Å²) in [7, 11) is -2.29. The van der Waals surface area contributed by atoms with Crippen molar-refractivity contribution in [2.75, 3.05) is 33.4 Å². The van der Waals surface area contributed by atoms with E-state index in [-0.39, 0.29) is 25.6 Å². The van der Waals surface area contributed by atoms with Gasteiger partial charge in [0.05, 0.1) is 19.6 Å². The molecule has 7 nitrogen and oxygen atoms in total. The van der Waals surface area contributed by atoms with E-state index in [2.05, 4.69) is 9.46 Å². The van der Waals surface area contributed by atoms with Crippen molar-refractivity contribution in [1.82, 2.24) is 9.03 Å². The number of carbonyl (C=O) groups excluding carboxylic acids is 1. The number of methoxy groups -OCH3 is 1. The lowest BCUT2D eigenvalue weighted by atomic mass is 10.2. The first-order valence-electron chi connectivity index (χ1n) is 6.92. The normalized spacial score (nSPS) is 19.4. The molecule has 0 amide bonds. The fourth-order valence-electron chi connectivity index (χ4n) is 1.97. The van der Waals surface area contributed by atoms with Gasteiger partial charge in [0.1, 0.15) is 0 Å². The minimum absolute atomic E-state index is 0.0380. The van der Waals surface area contributed by atoms with Crippen molar-refractivity contribution in [2.45, 2.75) is 38.7 Å². The number of nitrogens with one attached hydrogen (secondary N) is 1. The molecule has 0 spiro atoms. The lowest BCUT2D eigenvalue weighted by molar-refractivity contribution is -0.140. The van der Waals surface area contributed by atoms with Crippen molar-refractivity contribution in [1.29, 1.82) is 0 Å². The molecule has 0 aliphatic carbocycles. The van der Waals surface area contributed by atoms with Gasteiger partial charge in [-0.2, -0.15) is 12.7 Å². The summed E-state index contributed by atoms with van der Waals surface area (Å²) in [6.45, 7) is 3.31. The average molecular weight is 308 g/mol. The third kappa shape index (κ3) is 5.74. The maximum atomic E-state index is 12.2. The molecule has 0 bridgehead atoms. The van der Waals surface area contributed by atoms with E-state index in [1.807, 2.05) is 6.92 Å². The molecule has 1 unspecified atom stereocenters. The molecule has 0 radical (unpaired) electrons. The van der Waals surface area contributed by atoms with Crippen LogP contribution in [-0.2, 0) is 24.5 Å². The summed E-state index contributed by atoms with van der Waals surface area (Å²) in [6.07, 6.45) is 2.45. The van der Waals surface area contributed by atoms with E-state index in [1.54, 1.807) is 0 Å². The Kier molecular flexibility index (Phi) is 7.42. The Morgan fingerprint density at radius 2 is 2.25 bits per heavy atom. The number of ether oxygens (including phenoxy) is 2. The molecule has 0 aromatic heterocycles. The standard InChI is InChI=1S/C12H24N2O5S/c1-3-7-13-20(16,17)14(8-6-12(15)18-2)10-11-5-4-9-19-11/h11,13H,3-10H2,1-2H3. The molecular weight excluding hydrogens is 284 g/mol. The maximum Gasteiger partial charge on any atom is 0.306 e. The van der Waals surface area contributed by atoms with Crippen LogP contribution in [0.5, 0.6) is 0 Å². The molecule has 1 heterocycles. The molecule has 118 valence electrons. The molecule has 0 saturated carbocycles. The van der Waals surface area contributed by atoms with Crippen LogP contribution in [0.3, 0.4) is 0 Å². The lowest BCUT2D eigenvalue weighted by Gasteiger charge is -2.24. The molecule has 1 atom stereocenters. The smallest absolute Gasteiger partial charge is 0.306 e. The van der Waals surface area contributed by atoms with Gasteiger partial charge in [0.2, 0.25) is 0 Å². The fourth-order valence-corrected chi connectivity index (χ4v) is 3.30. The van der Waals surface area contributed by atoms with Gasteiger partial charge < -0.3 is 9.47 Å². The highest BCUT2D eigenvalue weighted by molar-refractivity contribution is 7.87. The van der Waals surface area contributed by atoms with Gasteiger partial charge in [0.25, 0.3) is 10.2 Å². The van der Waals surface area contributed by atoms with Gasteiger partial charge in [-0.25, -0.2) is 4.72 Å². The van der Waals surface area contributed by atoms with E-state index in [9.17, 15) is 13.2 Å². The Morgan fingerprint density at radius 1 is 1.50 bits per heavy atom.